The highest BCUT2D eigenvalue weighted by Crippen LogP contribution is 2.13. The molecule has 2 nitrogen and oxygen atoms in total. The molecule has 0 radical (unpaired) electrons. The van der Waals surface area contributed by atoms with Gasteiger partial charge in [0.25, 0.3) is 0 Å². The zero-order valence-electron chi connectivity index (χ0n) is 12.8. The smallest absolute Gasteiger partial charge is 0.0220 e. The Balaban J connectivity index is 2.52. The summed E-state index contributed by atoms with van der Waals surface area (Å²) >= 11 is 3.48. The molecule has 2 unspecified atom stereocenters. The van der Waals surface area contributed by atoms with E-state index in [1.54, 1.807) is 0 Å². The first-order chi connectivity index (χ1) is 8.88. The maximum absolute atomic E-state index is 3.76. The third-order valence-corrected chi connectivity index (χ3v) is 3.85. The Morgan fingerprint density at radius 3 is 2.16 bits per heavy atom. The number of nitrogens with zero attached hydrogens (tertiary/aromatic N) is 1. The second-order valence-electron chi connectivity index (χ2n) is 6.01. The number of benzene rings is 1. The summed E-state index contributed by atoms with van der Waals surface area (Å²) in [5, 5.41) is 3.76. The molecule has 1 N–H and O–H groups in total. The van der Waals surface area contributed by atoms with E-state index in [1.165, 1.54) is 5.56 Å². The van der Waals surface area contributed by atoms with Crippen LogP contribution in [0, 0.1) is 5.92 Å². The Labute approximate surface area is 126 Å². The molecule has 0 amide bonds. The molecule has 108 valence electrons. The molecule has 2 atom stereocenters. The monoisotopic (exact) mass is 326 g/mol. The first-order valence-corrected chi connectivity index (χ1v) is 7.83. The van der Waals surface area contributed by atoms with Crippen molar-refractivity contribution < 1.29 is 0 Å². The van der Waals surface area contributed by atoms with E-state index in [0.29, 0.717) is 18.0 Å². The van der Waals surface area contributed by atoms with Crippen molar-refractivity contribution in [2.45, 2.75) is 39.3 Å². The normalized spacial score (nSPS) is 14.9. The predicted octanol–water partition coefficient (Wildman–Crippen LogP) is 3.56. The van der Waals surface area contributed by atoms with Gasteiger partial charge in [0.05, 0.1) is 0 Å². The van der Waals surface area contributed by atoms with Crippen LogP contribution in [0.25, 0.3) is 0 Å². The minimum atomic E-state index is 0.494. The predicted molar refractivity (Wildman–Crippen MR) is 87.6 cm³/mol. The molecule has 0 aliphatic heterocycles. The lowest BCUT2D eigenvalue weighted by molar-refractivity contribution is 0.272. The van der Waals surface area contributed by atoms with Gasteiger partial charge in [0, 0.05) is 23.1 Å². The van der Waals surface area contributed by atoms with Gasteiger partial charge < -0.3 is 10.2 Å². The number of likely N-dealkylation sites (N-methyl/N-ethyl adjacent to an activating group) is 1. The summed E-state index contributed by atoms with van der Waals surface area (Å²) in [4.78, 5) is 2.25. The fraction of sp³-hybridized carbons (Fsp3) is 0.625. The molecule has 0 heterocycles. The van der Waals surface area contributed by atoms with Gasteiger partial charge in [-0.2, -0.15) is 0 Å². The molecule has 0 saturated carbocycles. The van der Waals surface area contributed by atoms with E-state index in [0.717, 1.165) is 17.4 Å². The summed E-state index contributed by atoms with van der Waals surface area (Å²) in [6.07, 6.45) is 1.07. The highest BCUT2D eigenvalue weighted by molar-refractivity contribution is 9.10. The number of nitrogens with one attached hydrogen (secondary N) is 1. The lowest BCUT2D eigenvalue weighted by atomic mass is 10.0. The molecule has 1 aromatic rings. The summed E-state index contributed by atoms with van der Waals surface area (Å²) in [6.45, 7) is 7.93. The minimum Gasteiger partial charge on any atom is -0.310 e. The number of hydrogen-bond acceptors (Lipinski definition) is 2. The average Bonchev–Trinajstić information content (AvgIpc) is 2.30. The van der Waals surface area contributed by atoms with Crippen LogP contribution in [0.4, 0.5) is 0 Å². The van der Waals surface area contributed by atoms with E-state index < -0.39 is 0 Å². The lowest BCUT2D eigenvalue weighted by Crippen LogP contribution is -2.46. The van der Waals surface area contributed by atoms with Gasteiger partial charge in [0.15, 0.2) is 0 Å². The van der Waals surface area contributed by atoms with Crippen LogP contribution < -0.4 is 5.32 Å². The Hall–Kier alpha value is -0.380. The third kappa shape index (κ3) is 6.55. The number of rotatable bonds is 7. The molecule has 0 saturated heterocycles. The van der Waals surface area contributed by atoms with Crippen LogP contribution in [0.5, 0.6) is 0 Å². The van der Waals surface area contributed by atoms with Crippen molar-refractivity contribution in [3.8, 4) is 0 Å². The zero-order chi connectivity index (χ0) is 14.4. The SMILES string of the molecule is CC(Cc1ccc(Br)cc1)NC(CN(C)C)C(C)C. The van der Waals surface area contributed by atoms with Crippen LogP contribution in [-0.2, 0) is 6.42 Å². The zero-order valence-corrected chi connectivity index (χ0v) is 14.4. The average molecular weight is 327 g/mol. The van der Waals surface area contributed by atoms with Crippen molar-refractivity contribution in [2.24, 2.45) is 5.92 Å². The summed E-state index contributed by atoms with van der Waals surface area (Å²) in [6, 6.07) is 9.65. The standard InChI is InChI=1S/C16H27BrN2/c1-12(2)16(11-19(4)5)18-13(3)10-14-6-8-15(17)9-7-14/h6-9,12-13,16,18H,10-11H2,1-5H3. The molecular weight excluding hydrogens is 300 g/mol. The Bertz CT molecular complexity index is 360. The van der Waals surface area contributed by atoms with E-state index in [9.17, 15) is 0 Å². The minimum absolute atomic E-state index is 0.494. The van der Waals surface area contributed by atoms with Gasteiger partial charge in [-0.25, -0.2) is 0 Å². The Kier molecular flexibility index (Phi) is 7.05. The molecular formula is C16H27BrN2. The summed E-state index contributed by atoms with van der Waals surface area (Å²) in [5.41, 5.74) is 1.38. The first-order valence-electron chi connectivity index (χ1n) is 7.03. The van der Waals surface area contributed by atoms with Crippen LogP contribution in [0.2, 0.25) is 0 Å². The van der Waals surface area contributed by atoms with E-state index in [2.05, 4.69) is 85.3 Å². The molecule has 0 aliphatic rings. The maximum atomic E-state index is 3.76. The van der Waals surface area contributed by atoms with E-state index >= 15 is 0 Å². The molecule has 19 heavy (non-hydrogen) atoms. The van der Waals surface area contributed by atoms with Gasteiger partial charge >= 0.3 is 0 Å². The van der Waals surface area contributed by atoms with Crippen LogP contribution in [0.3, 0.4) is 0 Å². The second kappa shape index (κ2) is 8.03. The molecule has 1 rings (SSSR count). The van der Waals surface area contributed by atoms with E-state index in [-0.39, 0.29) is 0 Å². The van der Waals surface area contributed by atoms with Crippen molar-refractivity contribution in [3.05, 3.63) is 34.3 Å². The molecule has 1 aromatic carbocycles. The number of halogens is 1. The summed E-state index contributed by atoms with van der Waals surface area (Å²) < 4.78 is 1.14. The third-order valence-electron chi connectivity index (χ3n) is 3.32. The summed E-state index contributed by atoms with van der Waals surface area (Å²) in [5.74, 6) is 0.648. The lowest BCUT2D eigenvalue weighted by Gasteiger charge is -2.29. The van der Waals surface area contributed by atoms with Crippen molar-refractivity contribution >= 4 is 15.9 Å². The van der Waals surface area contributed by atoms with Gasteiger partial charge in [-0.1, -0.05) is 41.9 Å². The molecule has 0 spiro atoms. The van der Waals surface area contributed by atoms with Gasteiger partial charge in [-0.05, 0) is 51.1 Å². The molecule has 0 aliphatic carbocycles. The van der Waals surface area contributed by atoms with E-state index in [4.69, 9.17) is 0 Å². The van der Waals surface area contributed by atoms with Gasteiger partial charge in [-0.15, -0.1) is 0 Å². The molecule has 0 fully saturated rings. The maximum Gasteiger partial charge on any atom is 0.0220 e. The van der Waals surface area contributed by atoms with Crippen molar-refractivity contribution in [1.82, 2.24) is 10.2 Å². The molecule has 0 bridgehead atoms. The number of hydrogen-bond donors (Lipinski definition) is 1. The highest BCUT2D eigenvalue weighted by Gasteiger charge is 2.16. The Morgan fingerprint density at radius 2 is 1.68 bits per heavy atom. The van der Waals surface area contributed by atoms with Gasteiger partial charge in [0.1, 0.15) is 0 Å². The van der Waals surface area contributed by atoms with Crippen LogP contribution in [-0.4, -0.2) is 37.6 Å². The quantitative estimate of drug-likeness (QED) is 0.824. The summed E-state index contributed by atoms with van der Waals surface area (Å²) in [7, 11) is 4.27. The van der Waals surface area contributed by atoms with E-state index in [1.807, 2.05) is 0 Å². The Morgan fingerprint density at radius 1 is 1.11 bits per heavy atom. The molecule has 3 heteroatoms. The second-order valence-corrected chi connectivity index (χ2v) is 6.93. The van der Waals surface area contributed by atoms with Crippen molar-refractivity contribution in [3.63, 3.8) is 0 Å². The van der Waals surface area contributed by atoms with Crippen molar-refractivity contribution in [1.29, 1.82) is 0 Å². The van der Waals surface area contributed by atoms with Crippen LogP contribution in [0.1, 0.15) is 26.3 Å². The van der Waals surface area contributed by atoms with Crippen LogP contribution >= 0.6 is 15.9 Å². The molecule has 0 aromatic heterocycles. The van der Waals surface area contributed by atoms with Gasteiger partial charge in [-0.3, -0.25) is 0 Å². The highest BCUT2D eigenvalue weighted by atomic mass is 79.9. The van der Waals surface area contributed by atoms with Gasteiger partial charge in [0.2, 0.25) is 0 Å². The van der Waals surface area contributed by atoms with Crippen molar-refractivity contribution in [2.75, 3.05) is 20.6 Å². The largest absolute Gasteiger partial charge is 0.310 e. The fourth-order valence-electron chi connectivity index (χ4n) is 2.25. The first kappa shape index (κ1) is 16.7. The fourth-order valence-corrected chi connectivity index (χ4v) is 2.51. The topological polar surface area (TPSA) is 15.3 Å². The van der Waals surface area contributed by atoms with Crippen LogP contribution in [0.15, 0.2) is 28.7 Å².